The summed E-state index contributed by atoms with van der Waals surface area (Å²) < 4.78 is 19.1. The normalized spacial score (nSPS) is 10.6. The average Bonchev–Trinajstić information content (AvgIpc) is 2.48. The Hall–Kier alpha value is -2.18. The van der Waals surface area contributed by atoms with E-state index in [4.69, 9.17) is 22.1 Å². The quantitative estimate of drug-likeness (QED) is 0.499. The summed E-state index contributed by atoms with van der Waals surface area (Å²) in [6.45, 7) is 0.0575. The Kier molecular flexibility index (Phi) is 5.68. The number of nitrogens with two attached hydrogens (primary N) is 1. The number of thiocarbonyl (C=S) groups is 1. The van der Waals surface area contributed by atoms with Gasteiger partial charge >= 0.3 is 0 Å². The second-order valence-corrected chi connectivity index (χ2v) is 5.14. The predicted molar refractivity (Wildman–Crippen MR) is 89.7 cm³/mol. The Bertz CT molecular complexity index is 671. The van der Waals surface area contributed by atoms with Crippen molar-refractivity contribution in [3.8, 4) is 5.75 Å². The summed E-state index contributed by atoms with van der Waals surface area (Å²) in [7, 11) is 0. The highest BCUT2D eigenvalue weighted by Gasteiger charge is 2.07. The van der Waals surface area contributed by atoms with Crippen LogP contribution in [0.2, 0.25) is 5.02 Å². The van der Waals surface area contributed by atoms with E-state index < -0.39 is 0 Å². The van der Waals surface area contributed by atoms with Gasteiger partial charge in [-0.05, 0) is 54.2 Å². The SMILES string of the molecule is NC(=S)NN=Cc1ccc(OCc2c(F)cccc2Cl)cc1. The van der Waals surface area contributed by atoms with Crippen LogP contribution in [0.15, 0.2) is 47.6 Å². The van der Waals surface area contributed by atoms with Crippen molar-refractivity contribution in [3.05, 3.63) is 64.4 Å². The summed E-state index contributed by atoms with van der Waals surface area (Å²) >= 11 is 10.6. The molecule has 0 saturated carbocycles. The number of benzene rings is 2. The number of nitrogens with one attached hydrogen (secondary N) is 1. The Labute approximate surface area is 137 Å². The van der Waals surface area contributed by atoms with Crippen LogP contribution in [0.4, 0.5) is 4.39 Å². The maximum absolute atomic E-state index is 13.6. The molecule has 114 valence electrons. The summed E-state index contributed by atoms with van der Waals surface area (Å²) in [4.78, 5) is 0. The zero-order chi connectivity index (χ0) is 15.9. The molecule has 0 radical (unpaired) electrons. The minimum atomic E-state index is -0.389. The fourth-order valence-electron chi connectivity index (χ4n) is 1.65. The van der Waals surface area contributed by atoms with E-state index in [0.29, 0.717) is 16.3 Å². The van der Waals surface area contributed by atoms with Crippen molar-refractivity contribution in [2.75, 3.05) is 0 Å². The van der Waals surface area contributed by atoms with Crippen molar-refractivity contribution >= 4 is 35.1 Å². The molecule has 0 amide bonds. The number of hydrogen-bond acceptors (Lipinski definition) is 3. The van der Waals surface area contributed by atoms with Crippen molar-refractivity contribution in [2.24, 2.45) is 10.8 Å². The van der Waals surface area contributed by atoms with Gasteiger partial charge in [-0.2, -0.15) is 5.10 Å². The Morgan fingerprint density at radius 1 is 1.32 bits per heavy atom. The van der Waals surface area contributed by atoms with Gasteiger partial charge in [-0.1, -0.05) is 17.7 Å². The second-order valence-electron chi connectivity index (χ2n) is 4.29. The number of halogens is 2. The van der Waals surface area contributed by atoms with Crippen molar-refractivity contribution in [1.29, 1.82) is 0 Å². The highest BCUT2D eigenvalue weighted by Crippen LogP contribution is 2.21. The summed E-state index contributed by atoms with van der Waals surface area (Å²) in [6, 6.07) is 11.6. The van der Waals surface area contributed by atoms with Crippen LogP contribution >= 0.6 is 23.8 Å². The summed E-state index contributed by atoms with van der Waals surface area (Å²) in [5.41, 5.74) is 8.87. The smallest absolute Gasteiger partial charge is 0.184 e. The number of nitrogens with zero attached hydrogens (tertiary/aromatic N) is 1. The van der Waals surface area contributed by atoms with Gasteiger partial charge in [0.1, 0.15) is 18.2 Å². The molecule has 0 aromatic heterocycles. The first-order valence-electron chi connectivity index (χ1n) is 6.30. The Balaban J connectivity index is 1.97. The fraction of sp³-hybridized carbons (Fsp3) is 0.0667. The van der Waals surface area contributed by atoms with Crippen LogP contribution in [0.1, 0.15) is 11.1 Å². The first-order valence-corrected chi connectivity index (χ1v) is 7.09. The van der Waals surface area contributed by atoms with Gasteiger partial charge in [0.15, 0.2) is 5.11 Å². The summed E-state index contributed by atoms with van der Waals surface area (Å²) in [5, 5.41) is 4.27. The lowest BCUT2D eigenvalue weighted by molar-refractivity contribution is 0.300. The molecule has 3 N–H and O–H groups in total. The average molecular weight is 338 g/mol. The molecule has 0 unspecified atom stereocenters. The number of rotatable bonds is 5. The van der Waals surface area contributed by atoms with E-state index in [-0.39, 0.29) is 17.5 Å². The third-order valence-electron chi connectivity index (χ3n) is 2.71. The van der Waals surface area contributed by atoms with Crippen LogP contribution in [-0.2, 0) is 6.61 Å². The Morgan fingerprint density at radius 2 is 2.05 bits per heavy atom. The largest absolute Gasteiger partial charge is 0.489 e. The van der Waals surface area contributed by atoms with E-state index in [0.717, 1.165) is 5.56 Å². The first kappa shape index (κ1) is 16.2. The molecule has 2 aromatic rings. The monoisotopic (exact) mass is 337 g/mol. The lowest BCUT2D eigenvalue weighted by Crippen LogP contribution is -2.23. The molecule has 0 aliphatic heterocycles. The van der Waals surface area contributed by atoms with Crippen molar-refractivity contribution in [3.63, 3.8) is 0 Å². The van der Waals surface area contributed by atoms with Crippen LogP contribution in [-0.4, -0.2) is 11.3 Å². The third kappa shape index (κ3) is 4.68. The predicted octanol–water partition coefficient (Wildman–Crippen LogP) is 3.23. The van der Waals surface area contributed by atoms with Crippen LogP contribution < -0.4 is 15.9 Å². The highest BCUT2D eigenvalue weighted by atomic mass is 35.5. The van der Waals surface area contributed by atoms with E-state index >= 15 is 0 Å². The number of hydrazone groups is 1. The van der Waals surface area contributed by atoms with Gasteiger partial charge < -0.3 is 10.5 Å². The minimum Gasteiger partial charge on any atom is -0.489 e. The number of ether oxygens (including phenoxy) is 1. The molecule has 0 bridgehead atoms. The van der Waals surface area contributed by atoms with Gasteiger partial charge in [0.25, 0.3) is 0 Å². The molecule has 0 heterocycles. The standard InChI is InChI=1S/C15H13ClFN3OS/c16-13-2-1-3-14(17)12(13)9-21-11-6-4-10(5-7-11)8-19-20-15(18)22/h1-8H,9H2,(H3,18,20,22). The van der Waals surface area contributed by atoms with Gasteiger partial charge in [-0.3, -0.25) is 5.43 Å². The van der Waals surface area contributed by atoms with Crippen LogP contribution in [0.3, 0.4) is 0 Å². The maximum atomic E-state index is 13.6. The topological polar surface area (TPSA) is 59.6 Å². The van der Waals surface area contributed by atoms with E-state index in [1.807, 2.05) is 0 Å². The van der Waals surface area contributed by atoms with Crippen LogP contribution in [0.25, 0.3) is 0 Å². The van der Waals surface area contributed by atoms with Crippen LogP contribution in [0, 0.1) is 5.82 Å². The fourth-order valence-corrected chi connectivity index (χ4v) is 1.92. The molecule has 0 saturated heterocycles. The van der Waals surface area contributed by atoms with Gasteiger partial charge in [-0.25, -0.2) is 4.39 Å². The molecule has 2 rings (SSSR count). The molecule has 0 atom stereocenters. The van der Waals surface area contributed by atoms with E-state index in [2.05, 4.69) is 22.7 Å². The lowest BCUT2D eigenvalue weighted by Gasteiger charge is -2.08. The second kappa shape index (κ2) is 7.72. The van der Waals surface area contributed by atoms with Crippen molar-refractivity contribution in [1.82, 2.24) is 5.43 Å². The summed E-state index contributed by atoms with van der Waals surface area (Å²) in [6.07, 6.45) is 1.57. The van der Waals surface area contributed by atoms with Gasteiger partial charge in [0, 0.05) is 5.56 Å². The van der Waals surface area contributed by atoms with Gasteiger partial charge in [0.2, 0.25) is 0 Å². The van der Waals surface area contributed by atoms with Gasteiger partial charge in [-0.15, -0.1) is 0 Å². The first-order chi connectivity index (χ1) is 10.6. The Morgan fingerprint density at radius 3 is 2.68 bits per heavy atom. The maximum Gasteiger partial charge on any atom is 0.184 e. The molecular weight excluding hydrogens is 325 g/mol. The van der Waals surface area contributed by atoms with Crippen molar-refractivity contribution < 1.29 is 9.13 Å². The molecule has 0 spiro atoms. The van der Waals surface area contributed by atoms with Crippen molar-refractivity contribution in [2.45, 2.75) is 6.61 Å². The molecule has 22 heavy (non-hydrogen) atoms. The molecule has 0 aliphatic rings. The molecular formula is C15H13ClFN3OS. The highest BCUT2D eigenvalue weighted by molar-refractivity contribution is 7.80. The molecule has 4 nitrogen and oxygen atoms in total. The molecule has 2 aromatic carbocycles. The molecule has 7 heteroatoms. The van der Waals surface area contributed by atoms with E-state index in [1.54, 1.807) is 42.6 Å². The van der Waals surface area contributed by atoms with Gasteiger partial charge in [0.05, 0.1) is 11.2 Å². The minimum absolute atomic E-state index is 0.0575. The van der Waals surface area contributed by atoms with E-state index in [1.165, 1.54) is 6.07 Å². The summed E-state index contributed by atoms with van der Waals surface area (Å²) in [5.74, 6) is 0.207. The molecule has 0 aliphatic carbocycles. The van der Waals surface area contributed by atoms with Crippen LogP contribution in [0.5, 0.6) is 5.75 Å². The van der Waals surface area contributed by atoms with E-state index in [9.17, 15) is 4.39 Å². The third-order valence-corrected chi connectivity index (χ3v) is 3.16. The lowest BCUT2D eigenvalue weighted by atomic mass is 10.2. The zero-order valence-corrected chi connectivity index (χ0v) is 13.0. The molecule has 0 fully saturated rings. The zero-order valence-electron chi connectivity index (χ0n) is 11.4. The number of hydrogen-bond donors (Lipinski definition) is 2.